The van der Waals surface area contributed by atoms with E-state index >= 15 is 0 Å². The summed E-state index contributed by atoms with van der Waals surface area (Å²) in [5.41, 5.74) is 1.99. The van der Waals surface area contributed by atoms with Crippen LogP contribution < -0.4 is 5.32 Å². The van der Waals surface area contributed by atoms with Crippen LogP contribution in [0.15, 0.2) is 41.8 Å². The minimum atomic E-state index is 0.0333. The van der Waals surface area contributed by atoms with Gasteiger partial charge in [0.2, 0.25) is 11.9 Å². The largest absolute Gasteiger partial charge is 0.309 e. The van der Waals surface area contributed by atoms with Crippen molar-refractivity contribution in [2.75, 3.05) is 25.0 Å². The lowest BCUT2D eigenvalue weighted by Gasteiger charge is -2.19. The summed E-state index contributed by atoms with van der Waals surface area (Å²) >= 11 is 1.74. The van der Waals surface area contributed by atoms with E-state index in [9.17, 15) is 4.79 Å². The Bertz CT molecular complexity index is 852. The van der Waals surface area contributed by atoms with Crippen LogP contribution in [0.5, 0.6) is 0 Å². The Kier molecular flexibility index (Phi) is 7.01. The first kappa shape index (κ1) is 19.6. The van der Waals surface area contributed by atoms with Crippen LogP contribution in [-0.4, -0.2) is 40.0 Å². The molecule has 0 aliphatic rings. The third-order valence-corrected chi connectivity index (χ3v) is 5.78. The number of likely N-dealkylation sites (N-methyl/N-ethyl adjacent to an activating group) is 1. The SMILES string of the molecule is CCN(CC)CCn1c(NC(=O)CCCc2cccs2)nc2ccccc21. The number of carbonyl (C=O) groups is 1. The number of aromatic nitrogens is 2. The number of imidazole rings is 1. The molecule has 0 atom stereocenters. The first-order valence-corrected chi connectivity index (χ1v) is 10.6. The number of hydrogen-bond donors (Lipinski definition) is 1. The van der Waals surface area contributed by atoms with Crippen molar-refractivity contribution in [1.82, 2.24) is 14.5 Å². The van der Waals surface area contributed by atoms with E-state index in [1.807, 2.05) is 18.2 Å². The number of amides is 1. The molecule has 1 amide bonds. The molecule has 5 nitrogen and oxygen atoms in total. The van der Waals surface area contributed by atoms with E-state index in [2.05, 4.69) is 57.2 Å². The highest BCUT2D eigenvalue weighted by Gasteiger charge is 2.14. The molecule has 3 rings (SSSR count). The van der Waals surface area contributed by atoms with Crippen LogP contribution in [0, 0.1) is 0 Å². The van der Waals surface area contributed by atoms with Gasteiger partial charge in [0.1, 0.15) is 0 Å². The number of benzene rings is 1. The number of para-hydroxylation sites is 2. The highest BCUT2D eigenvalue weighted by molar-refractivity contribution is 7.09. The zero-order valence-electron chi connectivity index (χ0n) is 16.1. The molecule has 0 spiro atoms. The van der Waals surface area contributed by atoms with Crippen LogP contribution in [0.2, 0.25) is 0 Å². The topological polar surface area (TPSA) is 50.2 Å². The molecule has 6 heteroatoms. The number of carbonyl (C=O) groups excluding carboxylic acids is 1. The molecule has 0 unspecified atom stereocenters. The molecule has 1 aromatic carbocycles. The zero-order valence-corrected chi connectivity index (χ0v) is 17.0. The van der Waals surface area contributed by atoms with Crippen molar-refractivity contribution in [2.45, 2.75) is 39.7 Å². The first-order valence-electron chi connectivity index (χ1n) is 9.71. The normalized spacial score (nSPS) is 11.4. The van der Waals surface area contributed by atoms with E-state index in [1.165, 1.54) is 4.88 Å². The molecule has 2 aromatic heterocycles. The fraction of sp³-hybridized carbons (Fsp3) is 0.429. The second-order valence-corrected chi connectivity index (χ2v) is 7.62. The van der Waals surface area contributed by atoms with Crippen LogP contribution >= 0.6 is 11.3 Å². The fourth-order valence-corrected chi connectivity index (χ4v) is 3.99. The Morgan fingerprint density at radius 3 is 2.74 bits per heavy atom. The van der Waals surface area contributed by atoms with Gasteiger partial charge in [0.15, 0.2) is 0 Å². The molecular weight excluding hydrogens is 356 g/mol. The van der Waals surface area contributed by atoms with Crippen molar-refractivity contribution >= 4 is 34.2 Å². The monoisotopic (exact) mass is 384 g/mol. The minimum absolute atomic E-state index is 0.0333. The van der Waals surface area contributed by atoms with E-state index < -0.39 is 0 Å². The van der Waals surface area contributed by atoms with E-state index in [4.69, 9.17) is 0 Å². The van der Waals surface area contributed by atoms with Crippen molar-refractivity contribution in [3.8, 4) is 0 Å². The van der Waals surface area contributed by atoms with Gasteiger partial charge in [-0.1, -0.05) is 32.0 Å². The second kappa shape index (κ2) is 9.67. The summed E-state index contributed by atoms with van der Waals surface area (Å²) in [6.07, 6.45) is 2.31. The predicted molar refractivity (Wildman–Crippen MR) is 113 cm³/mol. The molecule has 0 radical (unpaired) electrons. The molecule has 1 N–H and O–H groups in total. The van der Waals surface area contributed by atoms with Gasteiger partial charge >= 0.3 is 0 Å². The molecule has 2 heterocycles. The molecule has 27 heavy (non-hydrogen) atoms. The Hall–Kier alpha value is -2.18. The summed E-state index contributed by atoms with van der Waals surface area (Å²) in [6, 6.07) is 12.2. The van der Waals surface area contributed by atoms with Gasteiger partial charge in [0.25, 0.3) is 0 Å². The lowest BCUT2D eigenvalue weighted by Crippen LogP contribution is -2.27. The number of nitrogens with zero attached hydrogens (tertiary/aromatic N) is 3. The van der Waals surface area contributed by atoms with Gasteiger partial charge in [-0.15, -0.1) is 11.3 Å². The maximum Gasteiger partial charge on any atom is 0.226 e. The first-order chi connectivity index (χ1) is 13.2. The lowest BCUT2D eigenvalue weighted by molar-refractivity contribution is -0.116. The minimum Gasteiger partial charge on any atom is -0.309 e. The summed E-state index contributed by atoms with van der Waals surface area (Å²) in [6.45, 7) is 8.14. The summed E-state index contributed by atoms with van der Waals surface area (Å²) in [5.74, 6) is 0.690. The number of aryl methyl sites for hydroxylation is 1. The van der Waals surface area contributed by atoms with Gasteiger partial charge in [-0.05, 0) is 49.5 Å². The summed E-state index contributed by atoms with van der Waals surface area (Å²) in [4.78, 5) is 20.8. The van der Waals surface area contributed by atoms with Gasteiger partial charge in [-0.3, -0.25) is 10.1 Å². The summed E-state index contributed by atoms with van der Waals surface area (Å²) < 4.78 is 2.13. The van der Waals surface area contributed by atoms with Crippen LogP contribution in [0.3, 0.4) is 0 Å². The van der Waals surface area contributed by atoms with E-state index in [0.717, 1.165) is 50.1 Å². The third kappa shape index (κ3) is 5.17. The Balaban J connectivity index is 1.66. The molecule has 0 aliphatic heterocycles. The number of nitrogens with one attached hydrogen (secondary N) is 1. The molecule has 0 aliphatic carbocycles. The van der Waals surface area contributed by atoms with Gasteiger partial charge in [0.05, 0.1) is 11.0 Å². The Morgan fingerprint density at radius 1 is 1.19 bits per heavy atom. The summed E-state index contributed by atoms with van der Waals surface area (Å²) in [5, 5.41) is 5.11. The average molecular weight is 385 g/mol. The van der Waals surface area contributed by atoms with Crippen molar-refractivity contribution in [3.05, 3.63) is 46.7 Å². The third-order valence-electron chi connectivity index (χ3n) is 4.85. The number of fused-ring (bicyclic) bond motifs is 1. The number of hydrogen-bond acceptors (Lipinski definition) is 4. The molecular formula is C21H28N4OS. The van der Waals surface area contributed by atoms with Crippen LogP contribution in [0.1, 0.15) is 31.6 Å². The molecule has 0 fully saturated rings. The van der Waals surface area contributed by atoms with Crippen LogP contribution in [-0.2, 0) is 17.8 Å². The van der Waals surface area contributed by atoms with Crippen molar-refractivity contribution in [2.24, 2.45) is 0 Å². The molecule has 0 saturated carbocycles. The van der Waals surface area contributed by atoms with Gasteiger partial charge < -0.3 is 9.47 Å². The second-order valence-electron chi connectivity index (χ2n) is 6.58. The van der Waals surface area contributed by atoms with Crippen molar-refractivity contribution in [3.63, 3.8) is 0 Å². The van der Waals surface area contributed by atoms with Crippen LogP contribution in [0.25, 0.3) is 11.0 Å². The van der Waals surface area contributed by atoms with Crippen molar-refractivity contribution in [1.29, 1.82) is 0 Å². The fourth-order valence-electron chi connectivity index (χ4n) is 3.24. The quantitative estimate of drug-likeness (QED) is 0.564. The highest BCUT2D eigenvalue weighted by atomic mass is 32.1. The van der Waals surface area contributed by atoms with Gasteiger partial charge in [0, 0.05) is 24.4 Å². The van der Waals surface area contributed by atoms with E-state index in [0.29, 0.717) is 12.4 Å². The number of rotatable bonds is 10. The predicted octanol–water partition coefficient (Wildman–Crippen LogP) is 4.40. The standard InChI is InChI=1S/C21H28N4OS/c1-3-24(4-2)14-15-25-19-12-6-5-11-18(19)22-21(25)23-20(26)13-7-9-17-10-8-16-27-17/h5-6,8,10-12,16H,3-4,7,9,13-15H2,1-2H3,(H,22,23,26). The number of thiophene rings is 1. The van der Waals surface area contributed by atoms with Gasteiger partial charge in [-0.2, -0.15) is 0 Å². The average Bonchev–Trinajstić information content (AvgIpc) is 3.30. The van der Waals surface area contributed by atoms with E-state index in [-0.39, 0.29) is 5.91 Å². The van der Waals surface area contributed by atoms with Crippen LogP contribution in [0.4, 0.5) is 5.95 Å². The highest BCUT2D eigenvalue weighted by Crippen LogP contribution is 2.20. The summed E-state index contributed by atoms with van der Waals surface area (Å²) in [7, 11) is 0. The Morgan fingerprint density at radius 2 is 2.00 bits per heavy atom. The maximum atomic E-state index is 12.4. The van der Waals surface area contributed by atoms with E-state index in [1.54, 1.807) is 11.3 Å². The molecule has 0 bridgehead atoms. The zero-order chi connectivity index (χ0) is 19.1. The van der Waals surface area contributed by atoms with Crippen molar-refractivity contribution < 1.29 is 4.79 Å². The Labute approximate surface area is 165 Å². The lowest BCUT2D eigenvalue weighted by atomic mass is 10.2. The maximum absolute atomic E-state index is 12.4. The molecule has 144 valence electrons. The smallest absolute Gasteiger partial charge is 0.226 e. The van der Waals surface area contributed by atoms with Gasteiger partial charge in [-0.25, -0.2) is 4.98 Å². The molecule has 3 aromatic rings. The number of anilines is 1. The molecule has 0 saturated heterocycles.